The monoisotopic (exact) mass is 319 g/mol. The zero-order valence-electron chi connectivity index (χ0n) is 13.8. The summed E-state index contributed by atoms with van der Waals surface area (Å²) in [5, 5.41) is 12.0. The molecule has 0 bridgehead atoms. The van der Waals surface area contributed by atoms with E-state index in [1.807, 2.05) is 26.0 Å². The Morgan fingerprint density at radius 2 is 2.17 bits per heavy atom. The molecule has 1 aliphatic heterocycles. The minimum atomic E-state index is -0.986. The largest absolute Gasteiger partial charge is 0.480 e. The van der Waals surface area contributed by atoms with Crippen molar-refractivity contribution in [3.63, 3.8) is 0 Å². The summed E-state index contributed by atoms with van der Waals surface area (Å²) < 4.78 is 5.34. The van der Waals surface area contributed by atoms with Crippen molar-refractivity contribution in [3.05, 3.63) is 34.9 Å². The molecule has 2 rings (SSSR count). The number of nitrogens with one attached hydrogen (secondary N) is 1. The third-order valence-corrected chi connectivity index (χ3v) is 4.37. The standard InChI is InChI=1S/C18H25NO4/c1-12-5-6-14(13(2)10-12)7-8-16(20)19-17(18(21)22)15-4-3-9-23-11-15/h5-6,10,15,17H,3-4,7-9,11H2,1-2H3,(H,19,20)(H,21,22). The number of aryl methyl sites for hydroxylation is 3. The molecule has 1 aromatic carbocycles. The molecule has 2 N–H and O–H groups in total. The molecule has 1 aliphatic rings. The fourth-order valence-electron chi connectivity index (χ4n) is 3.03. The Bertz CT molecular complexity index is 564. The molecule has 1 fully saturated rings. The molecule has 5 nitrogen and oxygen atoms in total. The van der Waals surface area contributed by atoms with Gasteiger partial charge in [0, 0.05) is 18.9 Å². The number of amides is 1. The van der Waals surface area contributed by atoms with Crippen molar-refractivity contribution < 1.29 is 19.4 Å². The first-order chi connectivity index (χ1) is 11.0. The van der Waals surface area contributed by atoms with Crippen LogP contribution in [0, 0.1) is 19.8 Å². The van der Waals surface area contributed by atoms with E-state index in [0.717, 1.165) is 24.0 Å². The average Bonchev–Trinajstić information content (AvgIpc) is 2.52. The summed E-state index contributed by atoms with van der Waals surface area (Å²) in [6.07, 6.45) is 2.52. The van der Waals surface area contributed by atoms with E-state index in [4.69, 9.17) is 4.74 Å². The molecule has 1 amide bonds. The third-order valence-electron chi connectivity index (χ3n) is 4.37. The zero-order chi connectivity index (χ0) is 16.8. The SMILES string of the molecule is Cc1ccc(CCC(=O)NC(C(=O)O)C2CCCOC2)c(C)c1. The molecule has 1 aromatic rings. The van der Waals surface area contributed by atoms with Gasteiger partial charge in [0.1, 0.15) is 6.04 Å². The second-order valence-corrected chi connectivity index (χ2v) is 6.29. The van der Waals surface area contributed by atoms with E-state index in [-0.39, 0.29) is 11.8 Å². The van der Waals surface area contributed by atoms with Crippen LogP contribution in [-0.4, -0.2) is 36.2 Å². The Morgan fingerprint density at radius 3 is 2.78 bits per heavy atom. The van der Waals surface area contributed by atoms with Crippen LogP contribution in [0.5, 0.6) is 0 Å². The van der Waals surface area contributed by atoms with Crippen LogP contribution in [-0.2, 0) is 20.7 Å². The minimum absolute atomic E-state index is 0.147. The lowest BCUT2D eigenvalue weighted by Crippen LogP contribution is -2.48. The Balaban J connectivity index is 1.90. The van der Waals surface area contributed by atoms with E-state index in [9.17, 15) is 14.7 Å². The van der Waals surface area contributed by atoms with Gasteiger partial charge in [0.05, 0.1) is 6.61 Å². The fourth-order valence-corrected chi connectivity index (χ4v) is 3.03. The second-order valence-electron chi connectivity index (χ2n) is 6.29. The van der Waals surface area contributed by atoms with Crippen LogP contribution in [0.1, 0.15) is 36.0 Å². The van der Waals surface area contributed by atoms with Gasteiger partial charge < -0.3 is 15.2 Å². The number of carbonyl (C=O) groups excluding carboxylic acids is 1. The molecule has 23 heavy (non-hydrogen) atoms. The van der Waals surface area contributed by atoms with Crippen LogP contribution in [0.15, 0.2) is 18.2 Å². The topological polar surface area (TPSA) is 75.6 Å². The third kappa shape index (κ3) is 5.06. The number of aliphatic carboxylic acids is 1. The highest BCUT2D eigenvalue weighted by atomic mass is 16.5. The molecule has 1 saturated heterocycles. The average molecular weight is 319 g/mol. The van der Waals surface area contributed by atoms with Crippen molar-refractivity contribution in [2.45, 2.75) is 45.6 Å². The first kappa shape index (κ1) is 17.5. The fraction of sp³-hybridized carbons (Fsp3) is 0.556. The number of carboxylic acid groups (broad SMARTS) is 1. The molecule has 0 saturated carbocycles. The van der Waals surface area contributed by atoms with E-state index in [1.54, 1.807) is 0 Å². The quantitative estimate of drug-likeness (QED) is 0.843. The minimum Gasteiger partial charge on any atom is -0.480 e. The smallest absolute Gasteiger partial charge is 0.326 e. The van der Waals surface area contributed by atoms with Crippen LogP contribution in [0.4, 0.5) is 0 Å². The molecule has 0 radical (unpaired) electrons. The second kappa shape index (κ2) is 8.11. The number of benzene rings is 1. The first-order valence-corrected chi connectivity index (χ1v) is 8.13. The van der Waals surface area contributed by atoms with Crippen LogP contribution in [0.25, 0.3) is 0 Å². The summed E-state index contributed by atoms with van der Waals surface area (Å²) in [6.45, 7) is 5.13. The predicted octanol–water partition coefficient (Wildman–Crippen LogP) is 2.23. The highest BCUT2D eigenvalue weighted by Crippen LogP contribution is 2.18. The molecule has 2 unspecified atom stereocenters. The van der Waals surface area contributed by atoms with Crippen molar-refractivity contribution >= 4 is 11.9 Å². The molecular weight excluding hydrogens is 294 g/mol. The number of hydrogen-bond acceptors (Lipinski definition) is 3. The van der Waals surface area contributed by atoms with Crippen LogP contribution >= 0.6 is 0 Å². The van der Waals surface area contributed by atoms with E-state index in [2.05, 4.69) is 11.4 Å². The highest BCUT2D eigenvalue weighted by Gasteiger charge is 2.31. The number of hydrogen-bond donors (Lipinski definition) is 2. The highest BCUT2D eigenvalue weighted by molar-refractivity contribution is 5.83. The van der Waals surface area contributed by atoms with Crippen LogP contribution < -0.4 is 5.32 Å². The van der Waals surface area contributed by atoms with Crippen molar-refractivity contribution in [3.8, 4) is 0 Å². The van der Waals surface area contributed by atoms with E-state index < -0.39 is 12.0 Å². The van der Waals surface area contributed by atoms with Crippen molar-refractivity contribution in [2.24, 2.45) is 5.92 Å². The van der Waals surface area contributed by atoms with Crippen molar-refractivity contribution in [2.75, 3.05) is 13.2 Å². The molecule has 0 aromatic heterocycles. The predicted molar refractivity (Wildman–Crippen MR) is 87.3 cm³/mol. The summed E-state index contributed by atoms with van der Waals surface area (Å²) in [6, 6.07) is 5.29. The maximum Gasteiger partial charge on any atom is 0.326 e. The maximum absolute atomic E-state index is 12.1. The molecular formula is C18H25NO4. The summed E-state index contributed by atoms with van der Waals surface area (Å²) in [5.41, 5.74) is 3.48. The normalized spacial score (nSPS) is 19.1. The van der Waals surface area contributed by atoms with Gasteiger partial charge in [-0.2, -0.15) is 0 Å². The van der Waals surface area contributed by atoms with Gasteiger partial charge in [-0.05, 0) is 44.2 Å². The summed E-state index contributed by atoms with van der Waals surface area (Å²) >= 11 is 0. The number of carbonyl (C=O) groups is 2. The van der Waals surface area contributed by atoms with E-state index in [0.29, 0.717) is 26.1 Å². The molecule has 0 spiro atoms. The summed E-state index contributed by atoms with van der Waals surface area (Å²) in [4.78, 5) is 23.6. The van der Waals surface area contributed by atoms with Gasteiger partial charge in [-0.1, -0.05) is 23.8 Å². The van der Waals surface area contributed by atoms with Gasteiger partial charge in [-0.25, -0.2) is 4.79 Å². The Hall–Kier alpha value is -1.88. The van der Waals surface area contributed by atoms with E-state index in [1.165, 1.54) is 5.56 Å². The van der Waals surface area contributed by atoms with Crippen LogP contribution in [0.2, 0.25) is 0 Å². The number of ether oxygens (including phenoxy) is 1. The summed E-state index contributed by atoms with van der Waals surface area (Å²) in [7, 11) is 0. The Morgan fingerprint density at radius 1 is 1.39 bits per heavy atom. The Kier molecular flexibility index (Phi) is 6.16. The zero-order valence-corrected chi connectivity index (χ0v) is 13.8. The van der Waals surface area contributed by atoms with Gasteiger partial charge in [0.15, 0.2) is 0 Å². The van der Waals surface area contributed by atoms with Gasteiger partial charge in [0.2, 0.25) is 5.91 Å². The number of carboxylic acids is 1. The lowest BCUT2D eigenvalue weighted by Gasteiger charge is -2.28. The Labute approximate surface area is 137 Å². The number of rotatable bonds is 6. The summed E-state index contributed by atoms with van der Waals surface area (Å²) in [5.74, 6) is -1.35. The van der Waals surface area contributed by atoms with Crippen molar-refractivity contribution in [1.82, 2.24) is 5.32 Å². The van der Waals surface area contributed by atoms with E-state index >= 15 is 0 Å². The first-order valence-electron chi connectivity index (χ1n) is 8.13. The molecule has 126 valence electrons. The van der Waals surface area contributed by atoms with Gasteiger partial charge in [-0.3, -0.25) is 4.79 Å². The van der Waals surface area contributed by atoms with Crippen molar-refractivity contribution in [1.29, 1.82) is 0 Å². The lowest BCUT2D eigenvalue weighted by molar-refractivity contribution is -0.145. The van der Waals surface area contributed by atoms with Crippen LogP contribution in [0.3, 0.4) is 0 Å². The van der Waals surface area contributed by atoms with Gasteiger partial charge in [-0.15, -0.1) is 0 Å². The van der Waals surface area contributed by atoms with Gasteiger partial charge >= 0.3 is 5.97 Å². The molecule has 1 heterocycles. The maximum atomic E-state index is 12.1. The molecule has 5 heteroatoms. The van der Waals surface area contributed by atoms with Gasteiger partial charge in [0.25, 0.3) is 0 Å². The molecule has 0 aliphatic carbocycles. The molecule has 2 atom stereocenters. The lowest BCUT2D eigenvalue weighted by atomic mass is 9.93.